The maximum Gasteiger partial charge on any atom is 0.416 e. The van der Waals surface area contributed by atoms with Crippen molar-refractivity contribution in [1.29, 1.82) is 0 Å². The second-order valence-corrected chi connectivity index (χ2v) is 9.71. The average molecular weight is 491 g/mol. The van der Waals surface area contributed by atoms with Crippen molar-refractivity contribution >= 4 is 33.1 Å². The zero-order chi connectivity index (χ0) is 24.3. The van der Waals surface area contributed by atoms with Gasteiger partial charge in [0.2, 0.25) is 10.0 Å². The molecular weight excluding hydrogens is 469 g/mol. The number of rotatable bonds is 6. The van der Waals surface area contributed by atoms with Crippen LogP contribution in [-0.4, -0.2) is 31.6 Å². The van der Waals surface area contributed by atoms with Crippen molar-refractivity contribution in [3.05, 3.63) is 83.6 Å². The van der Waals surface area contributed by atoms with E-state index >= 15 is 0 Å². The van der Waals surface area contributed by atoms with Gasteiger partial charge in [-0.1, -0.05) is 18.2 Å². The second kappa shape index (κ2) is 9.34. The third kappa shape index (κ3) is 5.30. The van der Waals surface area contributed by atoms with E-state index in [9.17, 15) is 26.4 Å². The number of hydrogen-bond donors (Lipinski definition) is 2. The van der Waals surface area contributed by atoms with Gasteiger partial charge < -0.3 is 10.6 Å². The third-order valence-corrected chi connectivity index (χ3v) is 7.11. The van der Waals surface area contributed by atoms with Crippen molar-refractivity contribution in [2.45, 2.75) is 19.1 Å². The molecule has 1 aliphatic rings. The van der Waals surface area contributed by atoms with Gasteiger partial charge in [-0.05, 0) is 54.4 Å². The topological polar surface area (TPSA) is 91.4 Å². The first-order valence-electron chi connectivity index (χ1n) is 10.4. The molecule has 0 radical (unpaired) electrons. The molecule has 1 aromatic heterocycles. The summed E-state index contributed by atoms with van der Waals surface area (Å²) >= 11 is 0. The number of para-hydroxylation sites is 1. The van der Waals surface area contributed by atoms with Crippen LogP contribution in [0.4, 0.5) is 30.4 Å². The molecule has 1 fully saturated rings. The van der Waals surface area contributed by atoms with Crippen LogP contribution in [0, 0.1) is 0 Å². The largest absolute Gasteiger partial charge is 0.416 e. The van der Waals surface area contributed by atoms with Crippen LogP contribution in [0.5, 0.6) is 0 Å². The minimum absolute atomic E-state index is 0.0280. The van der Waals surface area contributed by atoms with Crippen LogP contribution < -0.4 is 14.9 Å². The number of carbonyl (C=O) groups excluding carboxylic acids is 1. The number of amides is 1. The highest BCUT2D eigenvalue weighted by Crippen LogP contribution is 2.31. The first-order valence-corrected chi connectivity index (χ1v) is 12.0. The van der Waals surface area contributed by atoms with Crippen molar-refractivity contribution < 1.29 is 26.4 Å². The Morgan fingerprint density at radius 3 is 2.59 bits per heavy atom. The number of benzene rings is 2. The molecule has 2 N–H and O–H groups in total. The van der Waals surface area contributed by atoms with Gasteiger partial charge in [0.15, 0.2) is 0 Å². The van der Waals surface area contributed by atoms with Gasteiger partial charge in [-0.15, -0.1) is 0 Å². The lowest BCUT2D eigenvalue weighted by Crippen LogP contribution is -2.26. The predicted octanol–water partition coefficient (Wildman–Crippen LogP) is 4.50. The van der Waals surface area contributed by atoms with E-state index in [0.29, 0.717) is 24.5 Å². The Labute approximate surface area is 194 Å². The summed E-state index contributed by atoms with van der Waals surface area (Å²) < 4.78 is 64.5. The van der Waals surface area contributed by atoms with Crippen LogP contribution in [-0.2, 0) is 22.7 Å². The monoisotopic (exact) mass is 490 g/mol. The molecule has 1 amide bonds. The second-order valence-electron chi connectivity index (χ2n) is 7.70. The van der Waals surface area contributed by atoms with E-state index in [0.717, 1.165) is 17.7 Å². The van der Waals surface area contributed by atoms with Crippen LogP contribution in [0.1, 0.15) is 27.9 Å². The van der Waals surface area contributed by atoms with Gasteiger partial charge in [-0.3, -0.25) is 9.10 Å². The number of aromatic nitrogens is 1. The predicted molar refractivity (Wildman–Crippen MR) is 123 cm³/mol. The van der Waals surface area contributed by atoms with Crippen LogP contribution >= 0.6 is 0 Å². The highest BCUT2D eigenvalue weighted by molar-refractivity contribution is 7.93. The summed E-state index contributed by atoms with van der Waals surface area (Å²) in [6, 6.07) is 14.4. The highest BCUT2D eigenvalue weighted by Gasteiger charge is 2.31. The van der Waals surface area contributed by atoms with Crippen molar-refractivity contribution in [3.8, 4) is 0 Å². The van der Waals surface area contributed by atoms with E-state index in [1.165, 1.54) is 22.6 Å². The molecule has 2 heterocycles. The van der Waals surface area contributed by atoms with E-state index in [4.69, 9.17) is 0 Å². The van der Waals surface area contributed by atoms with Gasteiger partial charge in [0.1, 0.15) is 5.82 Å². The first-order chi connectivity index (χ1) is 16.1. The average Bonchev–Trinajstić information content (AvgIpc) is 3.16. The number of hydrogen-bond acceptors (Lipinski definition) is 5. The van der Waals surface area contributed by atoms with E-state index < -0.39 is 27.7 Å². The number of sulfonamides is 1. The number of alkyl halides is 3. The number of nitrogens with zero attached hydrogens (tertiary/aromatic N) is 2. The number of pyridine rings is 1. The summed E-state index contributed by atoms with van der Waals surface area (Å²) in [5.41, 5.74) is 0.640. The van der Waals surface area contributed by atoms with Crippen LogP contribution in [0.25, 0.3) is 0 Å². The fourth-order valence-electron chi connectivity index (χ4n) is 3.61. The number of halogens is 3. The summed E-state index contributed by atoms with van der Waals surface area (Å²) in [6.07, 6.45) is -2.45. The van der Waals surface area contributed by atoms with E-state index in [2.05, 4.69) is 15.6 Å². The summed E-state index contributed by atoms with van der Waals surface area (Å²) in [4.78, 5) is 17.0. The van der Waals surface area contributed by atoms with Crippen molar-refractivity contribution in [2.24, 2.45) is 0 Å². The standard InChI is InChI=1S/C23H21F3N4O3S/c24-23(25,26)17-5-3-6-18(14-17)29-22(31)19-7-1-2-8-20(19)28-15-16-9-10-27-21(13-16)30-11-4-12-34(30,32)33/h1-3,5-10,13-14,28H,4,11-12,15H2,(H,29,31). The lowest BCUT2D eigenvalue weighted by atomic mass is 10.1. The molecule has 178 valence electrons. The molecular formula is C23H21F3N4O3S. The van der Waals surface area contributed by atoms with Gasteiger partial charge in [-0.2, -0.15) is 13.2 Å². The molecule has 1 aliphatic heterocycles. The molecule has 0 atom stereocenters. The molecule has 7 nitrogen and oxygen atoms in total. The summed E-state index contributed by atoms with van der Waals surface area (Å²) in [5, 5.41) is 5.64. The lowest BCUT2D eigenvalue weighted by molar-refractivity contribution is -0.137. The minimum atomic E-state index is -4.52. The highest BCUT2D eigenvalue weighted by atomic mass is 32.2. The van der Waals surface area contributed by atoms with E-state index in [-0.39, 0.29) is 23.5 Å². The Balaban J connectivity index is 1.48. The smallest absolute Gasteiger partial charge is 0.380 e. The van der Waals surface area contributed by atoms with E-state index in [1.54, 1.807) is 36.4 Å². The van der Waals surface area contributed by atoms with Gasteiger partial charge in [-0.25, -0.2) is 13.4 Å². The normalized spacial score (nSPS) is 15.2. The zero-order valence-electron chi connectivity index (χ0n) is 17.8. The molecule has 34 heavy (non-hydrogen) atoms. The Bertz CT molecular complexity index is 1310. The van der Waals surface area contributed by atoms with Gasteiger partial charge in [0.25, 0.3) is 5.91 Å². The summed E-state index contributed by atoms with van der Waals surface area (Å²) in [5.74, 6) is -0.140. The Morgan fingerprint density at radius 2 is 1.85 bits per heavy atom. The van der Waals surface area contributed by atoms with Gasteiger partial charge in [0, 0.05) is 30.7 Å². The quantitative estimate of drug-likeness (QED) is 0.531. The number of nitrogens with one attached hydrogen (secondary N) is 2. The molecule has 0 aliphatic carbocycles. The molecule has 2 aromatic carbocycles. The maximum atomic E-state index is 13.0. The molecule has 3 aromatic rings. The molecule has 0 unspecified atom stereocenters. The van der Waals surface area contributed by atoms with Gasteiger partial charge >= 0.3 is 6.18 Å². The van der Waals surface area contributed by atoms with Crippen LogP contribution in [0.2, 0.25) is 0 Å². The third-order valence-electron chi connectivity index (χ3n) is 5.27. The minimum Gasteiger partial charge on any atom is -0.380 e. The fourth-order valence-corrected chi connectivity index (χ4v) is 5.11. The zero-order valence-corrected chi connectivity index (χ0v) is 18.7. The number of anilines is 3. The Morgan fingerprint density at radius 1 is 1.06 bits per heavy atom. The Kier molecular flexibility index (Phi) is 6.47. The fraction of sp³-hybridized carbons (Fsp3) is 0.217. The molecule has 4 rings (SSSR count). The van der Waals surface area contributed by atoms with Gasteiger partial charge in [0.05, 0.1) is 16.9 Å². The number of carbonyl (C=O) groups is 1. The van der Waals surface area contributed by atoms with Crippen molar-refractivity contribution in [3.63, 3.8) is 0 Å². The summed E-state index contributed by atoms with van der Waals surface area (Å²) in [7, 11) is -3.36. The maximum absolute atomic E-state index is 13.0. The summed E-state index contributed by atoms with van der Waals surface area (Å²) in [6.45, 7) is 0.655. The van der Waals surface area contributed by atoms with Crippen LogP contribution in [0.3, 0.4) is 0 Å². The SMILES string of the molecule is O=C(Nc1cccc(C(F)(F)F)c1)c1ccccc1NCc1ccnc(N2CCCS2(=O)=O)c1. The molecule has 1 saturated heterocycles. The van der Waals surface area contributed by atoms with Crippen LogP contribution in [0.15, 0.2) is 66.9 Å². The Hall–Kier alpha value is -3.60. The molecule has 0 bridgehead atoms. The van der Waals surface area contributed by atoms with E-state index in [1.807, 2.05) is 0 Å². The lowest BCUT2D eigenvalue weighted by Gasteiger charge is -2.17. The first kappa shape index (κ1) is 23.6. The van der Waals surface area contributed by atoms with Crippen molar-refractivity contribution in [2.75, 3.05) is 27.2 Å². The molecule has 0 saturated carbocycles. The van der Waals surface area contributed by atoms with Crippen molar-refractivity contribution in [1.82, 2.24) is 4.98 Å². The molecule has 11 heteroatoms. The molecule has 0 spiro atoms.